The average Bonchev–Trinajstić information content (AvgIpc) is 3.99. The molecule has 9 heteroatoms. The van der Waals surface area contributed by atoms with Crippen molar-refractivity contribution >= 4 is 110 Å². The summed E-state index contributed by atoms with van der Waals surface area (Å²) in [6.45, 7) is 0. The number of nitrogens with one attached hydrogen (secondary N) is 2. The molecule has 2 aliphatic rings. The van der Waals surface area contributed by atoms with Gasteiger partial charge in [0.25, 0.3) is 0 Å². The van der Waals surface area contributed by atoms with Crippen LogP contribution in [0.3, 0.4) is 0 Å². The number of fused-ring (bicyclic) bond motifs is 8. The van der Waals surface area contributed by atoms with Crippen molar-refractivity contribution < 1.29 is 17.1 Å². The molecule has 7 aromatic rings. The molecule has 258 valence electrons. The number of nitrogens with zero attached hydrogens (tertiary/aromatic N) is 2. The average molecular weight is 986 g/mol. The number of aromatic amines is 2. The van der Waals surface area contributed by atoms with E-state index in [1.807, 2.05) is 24.3 Å². The molecule has 0 spiro atoms. The molecule has 0 saturated heterocycles. The zero-order valence-electron chi connectivity index (χ0n) is 27.6. The third-order valence-electron chi connectivity index (χ3n) is 9.33. The first-order valence-corrected chi connectivity index (χ1v) is 19.8. The Bertz CT molecular complexity index is 2440. The molecule has 53 heavy (non-hydrogen) atoms. The minimum absolute atomic E-state index is 0. The van der Waals surface area contributed by atoms with E-state index in [0.29, 0.717) is 0 Å². The Labute approximate surface area is 350 Å². The summed E-state index contributed by atoms with van der Waals surface area (Å²) in [7, 11) is 0. The summed E-state index contributed by atoms with van der Waals surface area (Å²) in [5, 5.41) is 0. The van der Waals surface area contributed by atoms with Gasteiger partial charge in [-0.3, -0.25) is 0 Å². The van der Waals surface area contributed by atoms with Gasteiger partial charge in [0.2, 0.25) is 0 Å². The van der Waals surface area contributed by atoms with Crippen molar-refractivity contribution in [3.8, 4) is 44.5 Å². The molecule has 5 heterocycles. The number of aromatic nitrogens is 4. The van der Waals surface area contributed by atoms with Crippen molar-refractivity contribution in [1.82, 2.24) is 19.9 Å². The Hall–Kier alpha value is -4.08. The van der Waals surface area contributed by atoms with Crippen LogP contribution in [0.1, 0.15) is 22.8 Å². The van der Waals surface area contributed by atoms with Crippen molar-refractivity contribution in [2.75, 3.05) is 0 Å². The smallest absolute Gasteiger partial charge is 0.0737 e. The van der Waals surface area contributed by atoms with Crippen LogP contribution in [-0.2, 0) is 17.1 Å². The van der Waals surface area contributed by atoms with Crippen molar-refractivity contribution in [1.29, 1.82) is 0 Å². The second-order valence-electron chi connectivity index (χ2n) is 12.4. The summed E-state index contributed by atoms with van der Waals surface area (Å²) in [4.78, 5) is 18.4. The van der Waals surface area contributed by atoms with Gasteiger partial charge in [-0.1, -0.05) is 137 Å². The van der Waals surface area contributed by atoms with Crippen LogP contribution in [0.15, 0.2) is 139 Å². The zero-order valence-corrected chi connectivity index (χ0v) is 35.1. The van der Waals surface area contributed by atoms with Gasteiger partial charge >= 0.3 is 0 Å². The fraction of sp³-hybridized carbons (Fsp3) is 0. The van der Waals surface area contributed by atoms with Gasteiger partial charge in [0.05, 0.1) is 22.8 Å². The van der Waals surface area contributed by atoms with E-state index in [0.717, 1.165) is 107 Å². The topological polar surface area (TPSA) is 57.4 Å². The molecule has 3 aromatic heterocycles. The van der Waals surface area contributed by atoms with E-state index in [1.165, 1.54) is 0 Å². The summed E-state index contributed by atoms with van der Waals surface area (Å²) >= 11 is 15.4. The quantitative estimate of drug-likeness (QED) is 0.173. The van der Waals surface area contributed by atoms with Gasteiger partial charge < -0.3 is 9.97 Å². The number of hydrogen-bond acceptors (Lipinski definition) is 2. The summed E-state index contributed by atoms with van der Waals surface area (Å²) in [6.07, 6.45) is 8.46. The van der Waals surface area contributed by atoms with Crippen molar-refractivity contribution in [3.05, 3.63) is 162 Å². The van der Waals surface area contributed by atoms with Crippen LogP contribution in [0.5, 0.6) is 0 Å². The van der Waals surface area contributed by atoms with Crippen molar-refractivity contribution in [2.24, 2.45) is 0 Å². The standard InChI is InChI=1S/C44H26Br4N4.Fe/c45-29-13-5-1-9-25(29)41-33-17-19-35(49-33)42(26-10-2-6-14-30(26)46)37-21-23-39(51-37)44(28-12-4-8-16-32(28)48)40-24-22-38(52-40)43(36-20-18-34(41)50-36)27-11-3-7-15-31(27)47;/h1-24,49,52H;. The van der Waals surface area contributed by atoms with E-state index in [1.54, 1.807) is 0 Å². The van der Waals surface area contributed by atoms with Crippen molar-refractivity contribution in [2.45, 2.75) is 0 Å². The Balaban J connectivity index is 0.00000400. The van der Waals surface area contributed by atoms with Crippen LogP contribution in [-0.4, -0.2) is 19.9 Å². The van der Waals surface area contributed by atoms with E-state index in [-0.39, 0.29) is 17.1 Å². The van der Waals surface area contributed by atoms with Gasteiger partial charge in [0.15, 0.2) is 0 Å². The maximum Gasteiger partial charge on any atom is 0.0737 e. The van der Waals surface area contributed by atoms with Gasteiger partial charge in [-0.25, -0.2) is 9.97 Å². The third-order valence-corrected chi connectivity index (χ3v) is 12.1. The molecular weight excluding hydrogens is 960 g/mol. The zero-order chi connectivity index (χ0) is 35.3. The van der Waals surface area contributed by atoms with E-state index >= 15 is 0 Å². The molecular formula is C44H26Br4FeN4. The first kappa shape index (κ1) is 35.9. The Kier molecular flexibility index (Phi) is 10.2. The SMILES string of the molecule is Brc1ccccc1-c1c2nc(c(-c3ccccc3Br)c3ccc([nH]3)c(-c3ccccc3Br)c3nc(c(-c4ccccc4Br)c4ccc1[nH]4)C=C3)C=C2.[Fe]. The second-order valence-corrected chi connectivity index (χ2v) is 15.8. The molecule has 0 atom stereocenters. The normalized spacial score (nSPS) is 11.8. The number of benzene rings is 4. The molecule has 9 rings (SSSR count). The van der Waals surface area contributed by atoms with E-state index in [2.05, 4.69) is 195 Å². The minimum atomic E-state index is 0. The van der Waals surface area contributed by atoms with Crippen molar-refractivity contribution in [3.63, 3.8) is 0 Å². The van der Waals surface area contributed by atoms with Crippen LogP contribution in [0.25, 0.3) is 90.9 Å². The molecule has 0 aliphatic carbocycles. The second kappa shape index (κ2) is 15.0. The predicted octanol–water partition coefficient (Wildman–Crippen LogP) is 14.4. The maximum atomic E-state index is 5.40. The number of H-pyrrole nitrogens is 2. The Morgan fingerprint density at radius 3 is 0.774 bits per heavy atom. The number of rotatable bonds is 4. The van der Waals surface area contributed by atoms with Gasteiger partial charge in [0, 0.05) is 102 Å². The molecule has 8 bridgehead atoms. The fourth-order valence-electron chi connectivity index (χ4n) is 6.99. The Morgan fingerprint density at radius 2 is 0.547 bits per heavy atom. The third kappa shape index (κ3) is 6.58. The van der Waals surface area contributed by atoms with E-state index in [4.69, 9.17) is 9.97 Å². The molecule has 2 N–H and O–H groups in total. The summed E-state index contributed by atoms with van der Waals surface area (Å²) in [6, 6.07) is 41.8. The molecule has 0 fully saturated rings. The molecule has 0 amide bonds. The minimum Gasteiger partial charge on any atom is -0.354 e. The summed E-state index contributed by atoms with van der Waals surface area (Å²) < 4.78 is 3.93. The van der Waals surface area contributed by atoms with E-state index < -0.39 is 0 Å². The molecule has 4 aromatic carbocycles. The fourth-order valence-corrected chi connectivity index (χ4v) is 8.93. The van der Waals surface area contributed by atoms with Gasteiger partial charge in [-0.05, 0) is 72.8 Å². The molecule has 0 unspecified atom stereocenters. The number of halogens is 4. The molecule has 0 saturated carbocycles. The predicted molar refractivity (Wildman–Crippen MR) is 231 cm³/mol. The first-order valence-electron chi connectivity index (χ1n) is 16.6. The summed E-state index contributed by atoms with van der Waals surface area (Å²) in [5.74, 6) is 0. The number of hydrogen-bond donors (Lipinski definition) is 2. The van der Waals surface area contributed by atoms with Crippen LogP contribution in [0.4, 0.5) is 0 Å². The Morgan fingerprint density at radius 1 is 0.321 bits per heavy atom. The van der Waals surface area contributed by atoms with Gasteiger partial charge in [0.1, 0.15) is 0 Å². The monoisotopic (exact) mass is 982 g/mol. The van der Waals surface area contributed by atoms with E-state index in [9.17, 15) is 0 Å². The molecule has 2 aliphatic heterocycles. The van der Waals surface area contributed by atoms with Crippen LogP contribution < -0.4 is 0 Å². The van der Waals surface area contributed by atoms with Crippen LogP contribution >= 0.6 is 63.7 Å². The van der Waals surface area contributed by atoms with Gasteiger partial charge in [-0.15, -0.1) is 0 Å². The first-order chi connectivity index (χ1) is 25.4. The molecule has 0 radical (unpaired) electrons. The molecule has 4 nitrogen and oxygen atoms in total. The summed E-state index contributed by atoms with van der Waals surface area (Å²) in [5.41, 5.74) is 15.3. The van der Waals surface area contributed by atoms with Gasteiger partial charge in [-0.2, -0.15) is 0 Å². The largest absolute Gasteiger partial charge is 0.354 e. The van der Waals surface area contributed by atoms with Crippen LogP contribution in [0.2, 0.25) is 0 Å². The maximum absolute atomic E-state index is 5.40. The van der Waals surface area contributed by atoms with Crippen LogP contribution in [0, 0.1) is 0 Å².